The second-order valence-corrected chi connectivity index (χ2v) is 6.07. The third kappa shape index (κ3) is 2.92. The van der Waals surface area contributed by atoms with Gasteiger partial charge in [0.05, 0.1) is 11.0 Å². The number of carbonyl (C=O) groups excluding carboxylic acids is 1. The number of anilines is 1. The lowest BCUT2D eigenvalue weighted by Crippen LogP contribution is -2.37. The predicted octanol–water partition coefficient (Wildman–Crippen LogP) is 2.17. The fraction of sp³-hybridized carbons (Fsp3) is 0.429. The molecule has 102 valence electrons. The van der Waals surface area contributed by atoms with Crippen LogP contribution in [-0.4, -0.2) is 34.0 Å². The summed E-state index contributed by atoms with van der Waals surface area (Å²) in [6.45, 7) is 3.62. The summed E-state index contributed by atoms with van der Waals surface area (Å²) in [6, 6.07) is 8.02. The Hall–Kier alpha value is -1.49. The van der Waals surface area contributed by atoms with Gasteiger partial charge in [0.15, 0.2) is 0 Å². The van der Waals surface area contributed by atoms with Gasteiger partial charge in [0, 0.05) is 11.7 Å². The summed E-state index contributed by atoms with van der Waals surface area (Å²) in [5.41, 5.74) is 2.14. The molecule has 2 atom stereocenters. The molecule has 1 amide bonds. The van der Waals surface area contributed by atoms with E-state index in [1.54, 1.807) is 11.8 Å². The maximum Gasteiger partial charge on any atom is 0.316 e. The molecule has 4 nitrogen and oxygen atoms in total. The highest BCUT2D eigenvalue weighted by molar-refractivity contribution is 8.01. The number of carbonyl (C=O) groups is 2. The normalized spacial score (nSPS) is 19.1. The number of para-hydroxylation sites is 1. The quantitative estimate of drug-likeness (QED) is 0.917. The number of carboxylic acids is 1. The molecule has 2 rings (SSSR count). The van der Waals surface area contributed by atoms with Crippen LogP contribution in [0.25, 0.3) is 0 Å². The first-order valence-electron chi connectivity index (χ1n) is 6.25. The average molecular weight is 279 g/mol. The molecule has 1 N–H and O–H groups in total. The van der Waals surface area contributed by atoms with Crippen LogP contribution in [0.5, 0.6) is 0 Å². The summed E-state index contributed by atoms with van der Waals surface area (Å²) in [6.07, 6.45) is 0.862. The van der Waals surface area contributed by atoms with Crippen molar-refractivity contribution in [1.29, 1.82) is 0 Å². The van der Waals surface area contributed by atoms with E-state index in [1.165, 1.54) is 17.3 Å². The molecule has 0 fully saturated rings. The van der Waals surface area contributed by atoms with Crippen molar-refractivity contribution in [2.45, 2.75) is 31.6 Å². The van der Waals surface area contributed by atoms with Gasteiger partial charge in [0.2, 0.25) is 5.91 Å². The van der Waals surface area contributed by atoms with Gasteiger partial charge in [0.1, 0.15) is 0 Å². The summed E-state index contributed by atoms with van der Waals surface area (Å²) >= 11 is 1.17. The Labute approximate surface area is 116 Å². The molecule has 1 aliphatic heterocycles. The second-order valence-electron chi connectivity index (χ2n) is 4.74. The van der Waals surface area contributed by atoms with Gasteiger partial charge in [-0.2, -0.15) is 0 Å². The molecular formula is C14H17NO3S. The molecule has 1 aromatic carbocycles. The summed E-state index contributed by atoms with van der Waals surface area (Å²) in [4.78, 5) is 24.8. The number of hydrogen-bond acceptors (Lipinski definition) is 3. The molecule has 0 saturated heterocycles. The Morgan fingerprint density at radius 1 is 1.47 bits per heavy atom. The number of carboxylic acid groups (broad SMARTS) is 1. The lowest BCUT2D eigenvalue weighted by Gasteiger charge is -2.23. The van der Waals surface area contributed by atoms with Gasteiger partial charge in [-0.15, -0.1) is 11.8 Å². The van der Waals surface area contributed by atoms with Gasteiger partial charge in [0.25, 0.3) is 0 Å². The van der Waals surface area contributed by atoms with E-state index in [4.69, 9.17) is 5.11 Å². The zero-order chi connectivity index (χ0) is 14.0. The van der Waals surface area contributed by atoms with Gasteiger partial charge < -0.3 is 10.0 Å². The van der Waals surface area contributed by atoms with Crippen LogP contribution in [0.4, 0.5) is 5.69 Å². The minimum atomic E-state index is -0.882. The Morgan fingerprint density at radius 2 is 2.16 bits per heavy atom. The third-order valence-electron chi connectivity index (χ3n) is 3.28. The van der Waals surface area contributed by atoms with Crippen LogP contribution >= 0.6 is 11.8 Å². The summed E-state index contributed by atoms with van der Waals surface area (Å²) in [5, 5.41) is 8.27. The number of aliphatic carboxylic acids is 1. The van der Waals surface area contributed by atoms with Crippen molar-refractivity contribution in [1.82, 2.24) is 0 Å². The van der Waals surface area contributed by atoms with Crippen LogP contribution in [0.1, 0.15) is 19.4 Å². The van der Waals surface area contributed by atoms with Crippen molar-refractivity contribution < 1.29 is 14.7 Å². The van der Waals surface area contributed by atoms with Crippen LogP contribution in [0.15, 0.2) is 24.3 Å². The van der Waals surface area contributed by atoms with Gasteiger partial charge >= 0.3 is 5.97 Å². The molecule has 0 unspecified atom stereocenters. The molecule has 0 aliphatic carbocycles. The Bertz CT molecular complexity index is 503. The van der Waals surface area contributed by atoms with Crippen LogP contribution in [0, 0.1) is 0 Å². The van der Waals surface area contributed by atoms with E-state index in [2.05, 4.69) is 0 Å². The molecule has 0 bridgehead atoms. The summed E-state index contributed by atoms with van der Waals surface area (Å²) < 4.78 is 0. The standard InChI is InChI=1S/C14H17NO3S/c1-9-7-11-5-3-4-6-12(11)15(9)13(16)8-19-10(2)14(17)18/h3-6,9-10H,7-8H2,1-2H3,(H,17,18)/t9-,10-/m0/s1. The van der Waals surface area contributed by atoms with E-state index in [0.717, 1.165) is 12.1 Å². The highest BCUT2D eigenvalue weighted by Gasteiger charge is 2.30. The lowest BCUT2D eigenvalue weighted by molar-refractivity contribution is -0.136. The van der Waals surface area contributed by atoms with Gasteiger partial charge in [-0.25, -0.2) is 0 Å². The molecule has 0 aromatic heterocycles. The first kappa shape index (κ1) is 13.9. The molecule has 1 aromatic rings. The predicted molar refractivity (Wildman–Crippen MR) is 76.6 cm³/mol. The zero-order valence-corrected chi connectivity index (χ0v) is 11.8. The van der Waals surface area contributed by atoms with Crippen LogP contribution < -0.4 is 4.90 Å². The van der Waals surface area contributed by atoms with E-state index >= 15 is 0 Å². The Balaban J connectivity index is 2.06. The third-order valence-corrected chi connectivity index (χ3v) is 4.40. The van der Waals surface area contributed by atoms with E-state index in [0.29, 0.717) is 0 Å². The SMILES string of the molecule is C[C@H](SCC(=O)N1c2ccccc2C[C@@H]1C)C(=O)O. The number of nitrogens with zero attached hydrogens (tertiary/aromatic N) is 1. The number of hydrogen-bond donors (Lipinski definition) is 1. The van der Waals surface area contributed by atoms with Crippen molar-refractivity contribution in [2.24, 2.45) is 0 Å². The van der Waals surface area contributed by atoms with E-state index in [1.807, 2.05) is 31.2 Å². The van der Waals surface area contributed by atoms with Crippen LogP contribution in [-0.2, 0) is 16.0 Å². The zero-order valence-electron chi connectivity index (χ0n) is 11.0. The molecule has 1 aliphatic rings. The van der Waals surface area contributed by atoms with Gasteiger partial charge in [-0.05, 0) is 31.9 Å². The lowest BCUT2D eigenvalue weighted by atomic mass is 10.1. The monoisotopic (exact) mass is 279 g/mol. The van der Waals surface area contributed by atoms with Crippen molar-refractivity contribution in [2.75, 3.05) is 10.7 Å². The summed E-state index contributed by atoms with van der Waals surface area (Å²) in [5.74, 6) is -0.699. The van der Waals surface area contributed by atoms with E-state index in [9.17, 15) is 9.59 Å². The number of amides is 1. The molecule has 0 spiro atoms. The minimum absolute atomic E-state index is 0.0180. The average Bonchev–Trinajstić information content (AvgIpc) is 2.71. The molecule has 0 saturated carbocycles. The number of thioether (sulfide) groups is 1. The van der Waals surface area contributed by atoms with Gasteiger partial charge in [-0.3, -0.25) is 9.59 Å². The van der Waals surface area contributed by atoms with Crippen molar-refractivity contribution in [3.05, 3.63) is 29.8 Å². The largest absolute Gasteiger partial charge is 0.480 e. The second kappa shape index (κ2) is 5.65. The first-order chi connectivity index (χ1) is 9.00. The summed E-state index contributed by atoms with van der Waals surface area (Å²) in [7, 11) is 0. The molecule has 5 heteroatoms. The smallest absolute Gasteiger partial charge is 0.316 e. The number of fused-ring (bicyclic) bond motifs is 1. The highest BCUT2D eigenvalue weighted by Crippen LogP contribution is 2.32. The fourth-order valence-electron chi connectivity index (χ4n) is 2.28. The first-order valence-corrected chi connectivity index (χ1v) is 7.30. The van der Waals surface area contributed by atoms with Crippen LogP contribution in [0.2, 0.25) is 0 Å². The van der Waals surface area contributed by atoms with Crippen molar-refractivity contribution >= 4 is 29.3 Å². The molecule has 1 heterocycles. The van der Waals surface area contributed by atoms with E-state index in [-0.39, 0.29) is 17.7 Å². The minimum Gasteiger partial charge on any atom is -0.480 e. The molecule has 0 radical (unpaired) electrons. The number of benzene rings is 1. The molecular weight excluding hydrogens is 262 g/mol. The Kier molecular flexibility index (Phi) is 4.14. The van der Waals surface area contributed by atoms with Crippen molar-refractivity contribution in [3.8, 4) is 0 Å². The topological polar surface area (TPSA) is 57.6 Å². The molecule has 19 heavy (non-hydrogen) atoms. The maximum atomic E-state index is 12.3. The number of rotatable bonds is 4. The van der Waals surface area contributed by atoms with E-state index < -0.39 is 11.2 Å². The highest BCUT2D eigenvalue weighted by atomic mass is 32.2. The van der Waals surface area contributed by atoms with Gasteiger partial charge in [-0.1, -0.05) is 18.2 Å². The fourth-order valence-corrected chi connectivity index (χ4v) is 2.96. The Morgan fingerprint density at radius 3 is 2.84 bits per heavy atom. The van der Waals surface area contributed by atoms with Crippen molar-refractivity contribution in [3.63, 3.8) is 0 Å². The maximum absolute atomic E-state index is 12.3. The van der Waals surface area contributed by atoms with Crippen LogP contribution in [0.3, 0.4) is 0 Å².